The number of benzene rings is 2. The van der Waals surface area contributed by atoms with Gasteiger partial charge >= 0.3 is 0 Å². The Hall–Kier alpha value is -3.94. The maximum Gasteiger partial charge on any atom is 0.254 e. The molecule has 4 aromatic rings. The van der Waals surface area contributed by atoms with E-state index in [-0.39, 0.29) is 12.5 Å². The molecule has 0 saturated carbocycles. The van der Waals surface area contributed by atoms with Gasteiger partial charge in [0.2, 0.25) is 11.7 Å². The van der Waals surface area contributed by atoms with E-state index in [1.807, 2.05) is 68.6 Å². The number of carbonyl (C=O) groups is 1. The first-order valence-electron chi connectivity index (χ1n) is 10.4. The second-order valence-electron chi connectivity index (χ2n) is 7.43. The normalized spacial score (nSPS) is 10.8. The van der Waals surface area contributed by atoms with Crippen molar-refractivity contribution >= 4 is 5.91 Å². The summed E-state index contributed by atoms with van der Waals surface area (Å²) >= 11 is 0. The van der Waals surface area contributed by atoms with Gasteiger partial charge in [-0.05, 0) is 55.8 Å². The average molecular weight is 431 g/mol. The van der Waals surface area contributed by atoms with Crippen LogP contribution in [0.15, 0.2) is 65.4 Å². The predicted molar refractivity (Wildman–Crippen MR) is 119 cm³/mol. The van der Waals surface area contributed by atoms with Crippen LogP contribution in [0.2, 0.25) is 0 Å². The highest BCUT2D eigenvalue weighted by Crippen LogP contribution is 2.20. The van der Waals surface area contributed by atoms with Crippen molar-refractivity contribution in [3.05, 3.63) is 83.8 Å². The molecule has 1 amide bonds. The van der Waals surface area contributed by atoms with E-state index in [9.17, 15) is 4.79 Å². The molecule has 32 heavy (non-hydrogen) atoms. The zero-order valence-corrected chi connectivity index (χ0v) is 18.4. The molecule has 2 heterocycles. The van der Waals surface area contributed by atoms with Gasteiger partial charge in [0.1, 0.15) is 11.6 Å². The predicted octanol–water partition coefficient (Wildman–Crippen LogP) is 3.96. The number of hydrogen-bond donors (Lipinski definition) is 0. The van der Waals surface area contributed by atoms with Gasteiger partial charge in [0.25, 0.3) is 5.91 Å². The van der Waals surface area contributed by atoms with E-state index in [1.165, 1.54) is 0 Å². The topological polar surface area (TPSA) is 86.3 Å². The third-order valence-electron chi connectivity index (χ3n) is 5.09. The fourth-order valence-corrected chi connectivity index (χ4v) is 3.32. The molecule has 2 aromatic carbocycles. The molecule has 0 unspecified atom stereocenters. The van der Waals surface area contributed by atoms with Crippen LogP contribution in [0.4, 0.5) is 0 Å². The lowest BCUT2D eigenvalue weighted by Gasteiger charge is -2.15. The fraction of sp³-hybridized carbons (Fsp3) is 0.250. The van der Waals surface area contributed by atoms with Crippen molar-refractivity contribution in [2.24, 2.45) is 0 Å². The van der Waals surface area contributed by atoms with Crippen molar-refractivity contribution < 1.29 is 14.1 Å². The number of imidazole rings is 1. The van der Waals surface area contributed by atoms with Crippen molar-refractivity contribution in [1.82, 2.24) is 24.6 Å². The van der Waals surface area contributed by atoms with Crippen molar-refractivity contribution in [2.75, 3.05) is 13.7 Å². The quantitative estimate of drug-likeness (QED) is 0.420. The van der Waals surface area contributed by atoms with E-state index >= 15 is 0 Å². The third-order valence-corrected chi connectivity index (χ3v) is 5.09. The Morgan fingerprint density at radius 1 is 1.12 bits per heavy atom. The van der Waals surface area contributed by atoms with Gasteiger partial charge in [-0.25, -0.2) is 4.98 Å². The van der Waals surface area contributed by atoms with Crippen LogP contribution in [-0.4, -0.2) is 44.2 Å². The Labute approximate surface area is 186 Å². The highest BCUT2D eigenvalue weighted by Gasteiger charge is 2.16. The molecule has 2 aromatic heterocycles. The van der Waals surface area contributed by atoms with Crippen LogP contribution in [0.5, 0.6) is 5.75 Å². The van der Waals surface area contributed by atoms with Crippen molar-refractivity contribution in [1.29, 1.82) is 0 Å². The number of nitrogens with zero attached hydrogens (tertiary/aromatic N) is 5. The van der Waals surface area contributed by atoms with E-state index in [1.54, 1.807) is 18.1 Å². The minimum Gasteiger partial charge on any atom is -0.494 e. The third kappa shape index (κ3) is 4.85. The lowest BCUT2D eigenvalue weighted by Crippen LogP contribution is -2.26. The molecule has 0 saturated heterocycles. The minimum atomic E-state index is -0.115. The van der Waals surface area contributed by atoms with Crippen LogP contribution >= 0.6 is 0 Å². The number of carbonyl (C=O) groups excluding carboxylic acids is 1. The Kier molecular flexibility index (Phi) is 6.30. The van der Waals surface area contributed by atoms with E-state index in [0.29, 0.717) is 30.4 Å². The van der Waals surface area contributed by atoms with Gasteiger partial charge in [-0.2, -0.15) is 4.98 Å². The molecule has 0 atom stereocenters. The summed E-state index contributed by atoms with van der Waals surface area (Å²) in [6, 6.07) is 15.1. The SMILES string of the molecule is CCOc1ccc(-c2noc(CN(C)C(=O)c3ccc(Cn4ccnc4C)cc3)n2)cc1. The molecule has 0 radical (unpaired) electrons. The number of hydrogen-bond acceptors (Lipinski definition) is 6. The number of aromatic nitrogens is 4. The molecule has 0 aliphatic carbocycles. The van der Waals surface area contributed by atoms with Crippen LogP contribution in [0, 0.1) is 6.92 Å². The van der Waals surface area contributed by atoms with Crippen LogP contribution in [0.25, 0.3) is 11.4 Å². The summed E-state index contributed by atoms with van der Waals surface area (Å²) in [5, 5.41) is 4.03. The van der Waals surface area contributed by atoms with E-state index in [4.69, 9.17) is 9.26 Å². The second-order valence-corrected chi connectivity index (χ2v) is 7.43. The molecular weight excluding hydrogens is 406 g/mol. The number of rotatable bonds is 8. The molecule has 0 aliphatic heterocycles. The first-order valence-corrected chi connectivity index (χ1v) is 10.4. The van der Waals surface area contributed by atoms with Gasteiger partial charge in [0.15, 0.2) is 0 Å². The lowest BCUT2D eigenvalue weighted by molar-refractivity contribution is 0.0769. The molecule has 164 valence electrons. The molecule has 4 rings (SSSR count). The number of aryl methyl sites for hydroxylation is 1. The molecule has 0 aliphatic rings. The van der Waals surface area contributed by atoms with Gasteiger partial charge in [0.05, 0.1) is 13.2 Å². The maximum absolute atomic E-state index is 12.8. The monoisotopic (exact) mass is 431 g/mol. The van der Waals surface area contributed by atoms with Crippen LogP contribution in [0.1, 0.15) is 34.6 Å². The van der Waals surface area contributed by atoms with Gasteiger partial charge in [-0.1, -0.05) is 17.3 Å². The summed E-state index contributed by atoms with van der Waals surface area (Å²) in [5.41, 5.74) is 2.52. The molecule has 8 heteroatoms. The highest BCUT2D eigenvalue weighted by molar-refractivity contribution is 5.94. The van der Waals surface area contributed by atoms with Crippen LogP contribution < -0.4 is 4.74 Å². The molecule has 8 nitrogen and oxygen atoms in total. The number of ether oxygens (including phenoxy) is 1. The Morgan fingerprint density at radius 3 is 2.53 bits per heavy atom. The van der Waals surface area contributed by atoms with Gasteiger partial charge in [-0.15, -0.1) is 0 Å². The smallest absolute Gasteiger partial charge is 0.254 e. The molecular formula is C24H25N5O3. The van der Waals surface area contributed by atoms with Crippen LogP contribution in [0.3, 0.4) is 0 Å². The maximum atomic E-state index is 12.8. The fourth-order valence-electron chi connectivity index (χ4n) is 3.32. The van der Waals surface area contributed by atoms with Crippen LogP contribution in [-0.2, 0) is 13.1 Å². The summed E-state index contributed by atoms with van der Waals surface area (Å²) in [6.45, 7) is 5.45. The Balaban J connectivity index is 1.38. The summed E-state index contributed by atoms with van der Waals surface area (Å²) in [5.74, 6) is 2.47. The summed E-state index contributed by atoms with van der Waals surface area (Å²) in [4.78, 5) is 23.0. The lowest BCUT2D eigenvalue weighted by atomic mass is 10.1. The van der Waals surface area contributed by atoms with E-state index in [0.717, 1.165) is 22.7 Å². The highest BCUT2D eigenvalue weighted by atomic mass is 16.5. The molecule has 0 N–H and O–H groups in total. The first kappa shape index (κ1) is 21.3. The largest absolute Gasteiger partial charge is 0.494 e. The van der Waals surface area contributed by atoms with Gasteiger partial charge in [-0.3, -0.25) is 4.79 Å². The van der Waals surface area contributed by atoms with Crippen molar-refractivity contribution in [2.45, 2.75) is 26.9 Å². The van der Waals surface area contributed by atoms with Gasteiger partial charge < -0.3 is 18.7 Å². The zero-order chi connectivity index (χ0) is 22.5. The van der Waals surface area contributed by atoms with Crippen molar-refractivity contribution in [3.63, 3.8) is 0 Å². The summed E-state index contributed by atoms with van der Waals surface area (Å²) in [7, 11) is 1.71. The number of amides is 1. The molecule has 0 bridgehead atoms. The second kappa shape index (κ2) is 9.47. The summed E-state index contributed by atoms with van der Waals surface area (Å²) in [6.07, 6.45) is 3.72. The first-order chi connectivity index (χ1) is 15.5. The zero-order valence-electron chi connectivity index (χ0n) is 18.4. The molecule has 0 fully saturated rings. The van der Waals surface area contributed by atoms with Crippen molar-refractivity contribution in [3.8, 4) is 17.1 Å². The average Bonchev–Trinajstić information content (AvgIpc) is 3.43. The van der Waals surface area contributed by atoms with E-state index < -0.39 is 0 Å². The summed E-state index contributed by atoms with van der Waals surface area (Å²) < 4.78 is 12.9. The Bertz CT molecular complexity index is 1180. The van der Waals surface area contributed by atoms with E-state index in [2.05, 4.69) is 19.7 Å². The Morgan fingerprint density at radius 2 is 1.88 bits per heavy atom. The minimum absolute atomic E-state index is 0.115. The molecule has 0 spiro atoms. The van der Waals surface area contributed by atoms with Gasteiger partial charge in [0, 0.05) is 37.1 Å². The standard InChI is InChI=1S/C24H25N5O3/c1-4-31-21-11-9-19(10-12-21)23-26-22(32-27-23)16-28(3)24(30)20-7-5-18(6-8-20)15-29-14-13-25-17(29)2/h5-14H,4,15-16H2,1-3H3.